The highest BCUT2D eigenvalue weighted by Gasteiger charge is 2.57. The SMILES string of the molecule is CCc1cc(=O)n2nc(N3CC4C5CCC(C5)C43)sc2n1. The predicted molar refractivity (Wildman–Crippen MR) is 82.0 cm³/mol. The van der Waals surface area contributed by atoms with E-state index in [0.29, 0.717) is 6.04 Å². The molecule has 4 unspecified atom stereocenters. The summed E-state index contributed by atoms with van der Waals surface area (Å²) in [5.74, 6) is 2.70. The van der Waals surface area contributed by atoms with E-state index in [-0.39, 0.29) is 5.56 Å². The molecule has 2 aromatic heterocycles. The van der Waals surface area contributed by atoms with E-state index in [1.54, 1.807) is 17.4 Å². The van der Waals surface area contributed by atoms with Crippen molar-refractivity contribution in [1.82, 2.24) is 14.6 Å². The maximum Gasteiger partial charge on any atom is 0.275 e. The first-order valence-electron chi connectivity index (χ1n) is 7.91. The van der Waals surface area contributed by atoms with Crippen LogP contribution in [0, 0.1) is 17.8 Å². The Bertz CT molecular complexity index is 780. The maximum atomic E-state index is 12.1. The number of anilines is 1. The van der Waals surface area contributed by atoms with Crippen LogP contribution in [0.3, 0.4) is 0 Å². The van der Waals surface area contributed by atoms with Gasteiger partial charge in [-0.15, -0.1) is 5.10 Å². The molecule has 110 valence electrons. The highest BCUT2D eigenvalue weighted by atomic mass is 32.1. The van der Waals surface area contributed by atoms with Crippen molar-refractivity contribution < 1.29 is 0 Å². The molecule has 1 saturated heterocycles. The Morgan fingerprint density at radius 3 is 3.05 bits per heavy atom. The minimum atomic E-state index is -0.0515. The zero-order chi connectivity index (χ0) is 14.1. The smallest absolute Gasteiger partial charge is 0.275 e. The lowest BCUT2D eigenvalue weighted by Crippen LogP contribution is -2.59. The molecule has 0 aromatic carbocycles. The number of fused-ring (bicyclic) bond motifs is 6. The van der Waals surface area contributed by atoms with Crippen molar-refractivity contribution in [2.45, 2.75) is 38.6 Å². The van der Waals surface area contributed by atoms with E-state index in [9.17, 15) is 4.79 Å². The van der Waals surface area contributed by atoms with E-state index in [1.165, 1.54) is 23.8 Å². The van der Waals surface area contributed by atoms with Crippen LogP contribution in [-0.4, -0.2) is 27.2 Å². The number of aromatic nitrogens is 3. The monoisotopic (exact) mass is 302 g/mol. The van der Waals surface area contributed by atoms with Gasteiger partial charge in [0.1, 0.15) is 0 Å². The molecule has 0 radical (unpaired) electrons. The van der Waals surface area contributed by atoms with E-state index < -0.39 is 0 Å². The first-order valence-corrected chi connectivity index (χ1v) is 8.72. The maximum absolute atomic E-state index is 12.1. The highest BCUT2D eigenvalue weighted by Crippen LogP contribution is 2.56. The fraction of sp³-hybridized carbons (Fsp3) is 0.667. The zero-order valence-electron chi connectivity index (χ0n) is 12.0. The zero-order valence-corrected chi connectivity index (χ0v) is 12.8. The third kappa shape index (κ3) is 1.54. The van der Waals surface area contributed by atoms with Gasteiger partial charge in [-0.3, -0.25) is 4.79 Å². The van der Waals surface area contributed by atoms with E-state index in [0.717, 1.165) is 46.5 Å². The van der Waals surface area contributed by atoms with E-state index >= 15 is 0 Å². The van der Waals surface area contributed by atoms with Crippen LogP contribution >= 0.6 is 11.3 Å². The average molecular weight is 302 g/mol. The molecule has 0 spiro atoms. The molecule has 0 amide bonds. The van der Waals surface area contributed by atoms with E-state index in [4.69, 9.17) is 0 Å². The topological polar surface area (TPSA) is 50.5 Å². The second kappa shape index (κ2) is 4.06. The van der Waals surface area contributed by atoms with Crippen LogP contribution < -0.4 is 10.5 Å². The molecule has 3 heterocycles. The lowest BCUT2D eigenvalue weighted by molar-refractivity contribution is 0.199. The molecule has 4 atom stereocenters. The molecule has 5 nitrogen and oxygen atoms in total. The first-order chi connectivity index (χ1) is 10.2. The molecule has 6 heteroatoms. The molecule has 5 rings (SSSR count). The molecule has 21 heavy (non-hydrogen) atoms. The summed E-state index contributed by atoms with van der Waals surface area (Å²) in [6, 6.07) is 2.29. The molecular weight excluding hydrogens is 284 g/mol. The van der Waals surface area contributed by atoms with Crippen molar-refractivity contribution in [3.8, 4) is 0 Å². The van der Waals surface area contributed by atoms with Crippen molar-refractivity contribution in [3.05, 3.63) is 22.1 Å². The van der Waals surface area contributed by atoms with Gasteiger partial charge in [-0.25, -0.2) is 4.98 Å². The summed E-state index contributed by atoms with van der Waals surface area (Å²) in [4.78, 5) is 19.8. The lowest BCUT2D eigenvalue weighted by atomic mass is 9.77. The van der Waals surface area contributed by atoms with Gasteiger partial charge in [0, 0.05) is 30.3 Å². The third-order valence-electron chi connectivity index (χ3n) is 5.70. The molecule has 3 fully saturated rings. The summed E-state index contributed by atoms with van der Waals surface area (Å²) in [5, 5.41) is 5.53. The van der Waals surface area contributed by atoms with Gasteiger partial charge < -0.3 is 4.90 Å². The molecule has 3 aliphatic rings. The van der Waals surface area contributed by atoms with Crippen LogP contribution in [0.15, 0.2) is 10.9 Å². The summed E-state index contributed by atoms with van der Waals surface area (Å²) in [7, 11) is 0. The first kappa shape index (κ1) is 12.1. The molecule has 2 saturated carbocycles. The van der Waals surface area contributed by atoms with Crippen molar-refractivity contribution in [1.29, 1.82) is 0 Å². The Balaban J connectivity index is 1.54. The molecule has 2 aliphatic carbocycles. The largest absolute Gasteiger partial charge is 0.343 e. The number of hydrogen-bond acceptors (Lipinski definition) is 5. The molecule has 0 N–H and O–H groups in total. The average Bonchev–Trinajstić information content (AvgIpc) is 3.10. The molecule has 1 aliphatic heterocycles. The second-order valence-corrected chi connectivity index (χ2v) is 7.59. The Hall–Kier alpha value is -1.43. The van der Waals surface area contributed by atoms with Crippen LogP contribution in [-0.2, 0) is 6.42 Å². The summed E-state index contributed by atoms with van der Waals surface area (Å²) >= 11 is 1.57. The van der Waals surface area contributed by atoms with Crippen LogP contribution in [0.2, 0.25) is 0 Å². The summed E-state index contributed by atoms with van der Waals surface area (Å²) in [6.45, 7) is 3.15. The third-order valence-corrected chi connectivity index (χ3v) is 6.65. The number of rotatable bonds is 2. The van der Waals surface area contributed by atoms with Gasteiger partial charge >= 0.3 is 0 Å². The van der Waals surface area contributed by atoms with Crippen LogP contribution in [0.1, 0.15) is 31.9 Å². The van der Waals surface area contributed by atoms with Gasteiger partial charge in [0.15, 0.2) is 0 Å². The number of nitrogens with zero attached hydrogens (tertiary/aromatic N) is 4. The van der Waals surface area contributed by atoms with Gasteiger partial charge in [-0.1, -0.05) is 18.3 Å². The van der Waals surface area contributed by atoms with E-state index in [2.05, 4.69) is 15.0 Å². The second-order valence-electron chi connectivity index (χ2n) is 6.66. The predicted octanol–water partition coefficient (Wildman–Crippen LogP) is 1.95. The highest BCUT2D eigenvalue weighted by molar-refractivity contribution is 7.20. The van der Waals surface area contributed by atoms with Gasteiger partial charge in [0.05, 0.1) is 0 Å². The van der Waals surface area contributed by atoms with Gasteiger partial charge in [0.2, 0.25) is 10.1 Å². The molecule has 2 aromatic rings. The molecule has 2 bridgehead atoms. The molecular formula is C15H18N4OS. The Labute approximate surface area is 126 Å². The van der Waals surface area contributed by atoms with Crippen LogP contribution in [0.25, 0.3) is 4.96 Å². The minimum absolute atomic E-state index is 0.0515. The van der Waals surface area contributed by atoms with Crippen molar-refractivity contribution >= 4 is 21.4 Å². The Kier molecular flexibility index (Phi) is 2.35. The van der Waals surface area contributed by atoms with Crippen molar-refractivity contribution in [2.24, 2.45) is 17.8 Å². The normalized spacial score (nSPS) is 33.5. The fourth-order valence-corrected chi connectivity index (χ4v) is 5.66. The minimum Gasteiger partial charge on any atom is -0.343 e. The lowest BCUT2D eigenvalue weighted by Gasteiger charge is -2.50. The van der Waals surface area contributed by atoms with E-state index in [1.807, 2.05) is 6.92 Å². The number of hydrogen-bond donors (Lipinski definition) is 0. The summed E-state index contributed by atoms with van der Waals surface area (Å²) in [5.41, 5.74) is 0.806. The van der Waals surface area contributed by atoms with Crippen molar-refractivity contribution in [3.63, 3.8) is 0 Å². The van der Waals surface area contributed by atoms with Gasteiger partial charge in [-0.05, 0) is 37.5 Å². The van der Waals surface area contributed by atoms with Gasteiger partial charge in [0.25, 0.3) is 5.56 Å². The van der Waals surface area contributed by atoms with Crippen LogP contribution in [0.5, 0.6) is 0 Å². The Morgan fingerprint density at radius 2 is 2.24 bits per heavy atom. The summed E-state index contributed by atoms with van der Waals surface area (Å²) in [6.07, 6.45) is 5.01. The standard InChI is InChI=1S/C15H18N4OS/c1-2-10-6-12(20)19-14(16-10)21-15(17-19)18-7-11-8-3-4-9(5-8)13(11)18/h6,8-9,11,13H,2-5,7H2,1H3. The van der Waals surface area contributed by atoms with Crippen molar-refractivity contribution in [2.75, 3.05) is 11.4 Å². The van der Waals surface area contributed by atoms with Crippen LogP contribution in [0.4, 0.5) is 5.13 Å². The fourth-order valence-electron chi connectivity index (χ4n) is 4.68. The summed E-state index contributed by atoms with van der Waals surface area (Å²) < 4.78 is 1.47. The quantitative estimate of drug-likeness (QED) is 0.851. The van der Waals surface area contributed by atoms with Gasteiger partial charge in [-0.2, -0.15) is 4.52 Å². The Morgan fingerprint density at radius 1 is 1.38 bits per heavy atom. The number of aryl methyl sites for hydroxylation is 1.